The molecule has 1 aromatic carbocycles. The van der Waals surface area contributed by atoms with Gasteiger partial charge in [-0.05, 0) is 29.7 Å². The van der Waals surface area contributed by atoms with E-state index in [4.69, 9.17) is 0 Å². The predicted octanol–water partition coefficient (Wildman–Crippen LogP) is 1.97. The van der Waals surface area contributed by atoms with E-state index < -0.39 is 11.8 Å². The number of benzene rings is 1. The number of anilines is 1. The van der Waals surface area contributed by atoms with Gasteiger partial charge in [-0.25, -0.2) is 4.39 Å². The average molecular weight is 428 g/mol. The molecule has 0 saturated carbocycles. The summed E-state index contributed by atoms with van der Waals surface area (Å²) in [5, 5.41) is 5.40. The molecule has 1 aliphatic heterocycles. The van der Waals surface area contributed by atoms with Crippen LogP contribution in [0.4, 0.5) is 10.1 Å². The number of halogens is 1. The Kier molecular flexibility index (Phi) is 7.94. The zero-order chi connectivity index (χ0) is 22.2. The third-order valence-corrected chi connectivity index (χ3v) is 5.35. The third-order valence-electron chi connectivity index (χ3n) is 5.35. The van der Waals surface area contributed by atoms with E-state index in [9.17, 15) is 14.0 Å². The number of rotatable bonds is 7. The van der Waals surface area contributed by atoms with Gasteiger partial charge in [-0.15, -0.1) is 0 Å². The molecule has 0 bridgehead atoms. The Morgan fingerprint density at radius 3 is 2.29 bits per heavy atom. The predicted molar refractivity (Wildman–Crippen MR) is 118 cm³/mol. The average Bonchev–Trinajstić information content (AvgIpc) is 2.79. The van der Waals surface area contributed by atoms with Crippen LogP contribution in [0.25, 0.3) is 0 Å². The van der Waals surface area contributed by atoms with Crippen LogP contribution in [0.2, 0.25) is 0 Å². The first-order valence-electron chi connectivity index (χ1n) is 10.6. The Balaban J connectivity index is 1.63. The zero-order valence-electron chi connectivity index (χ0n) is 18.1. The van der Waals surface area contributed by atoms with Crippen LogP contribution < -0.4 is 15.5 Å². The van der Waals surface area contributed by atoms with Crippen LogP contribution in [0.15, 0.2) is 48.8 Å². The van der Waals surface area contributed by atoms with Gasteiger partial charge in [0.25, 0.3) is 0 Å². The largest absolute Gasteiger partial charge is 0.367 e. The maximum atomic E-state index is 14.1. The van der Waals surface area contributed by atoms with Crippen molar-refractivity contribution in [1.82, 2.24) is 20.5 Å². The fourth-order valence-corrected chi connectivity index (χ4v) is 3.66. The maximum absolute atomic E-state index is 14.1. The van der Waals surface area contributed by atoms with Gasteiger partial charge in [0.1, 0.15) is 5.82 Å². The van der Waals surface area contributed by atoms with E-state index in [1.165, 1.54) is 6.07 Å². The number of carbonyl (C=O) groups excluding carboxylic acids is 2. The molecule has 0 spiro atoms. The second-order valence-corrected chi connectivity index (χ2v) is 8.09. The van der Waals surface area contributed by atoms with Crippen molar-refractivity contribution in [1.29, 1.82) is 0 Å². The van der Waals surface area contributed by atoms with Crippen LogP contribution >= 0.6 is 0 Å². The van der Waals surface area contributed by atoms with Crippen LogP contribution in [0.3, 0.4) is 0 Å². The highest BCUT2D eigenvalue weighted by Gasteiger charge is 2.27. The topological polar surface area (TPSA) is 77.6 Å². The minimum atomic E-state index is -0.639. The molecule has 1 fully saturated rings. The first-order valence-corrected chi connectivity index (χ1v) is 10.6. The van der Waals surface area contributed by atoms with Crippen LogP contribution in [0.5, 0.6) is 0 Å². The number of pyridine rings is 1. The minimum absolute atomic E-state index is 0.127. The van der Waals surface area contributed by atoms with Crippen LogP contribution in [-0.4, -0.2) is 61.0 Å². The minimum Gasteiger partial charge on any atom is -0.367 e. The summed E-state index contributed by atoms with van der Waals surface area (Å²) in [5.41, 5.74) is 1.57. The molecule has 1 aliphatic rings. The highest BCUT2D eigenvalue weighted by Crippen LogP contribution is 2.25. The van der Waals surface area contributed by atoms with Gasteiger partial charge in [0.2, 0.25) is 0 Å². The number of nitrogens with one attached hydrogen (secondary N) is 2. The van der Waals surface area contributed by atoms with Gasteiger partial charge < -0.3 is 15.5 Å². The van der Waals surface area contributed by atoms with Crippen molar-refractivity contribution in [3.8, 4) is 0 Å². The number of hydrogen-bond acceptors (Lipinski definition) is 5. The molecule has 166 valence electrons. The van der Waals surface area contributed by atoms with Gasteiger partial charge in [0, 0.05) is 51.7 Å². The Hall–Kier alpha value is -3.00. The second-order valence-electron chi connectivity index (χ2n) is 8.09. The second kappa shape index (κ2) is 10.9. The molecular weight excluding hydrogens is 397 g/mol. The number of nitrogens with zero attached hydrogens (tertiary/aromatic N) is 3. The van der Waals surface area contributed by atoms with E-state index in [2.05, 4.69) is 20.5 Å². The zero-order valence-corrected chi connectivity index (χ0v) is 18.1. The smallest absolute Gasteiger partial charge is 0.309 e. The monoisotopic (exact) mass is 427 g/mol. The van der Waals surface area contributed by atoms with Gasteiger partial charge >= 0.3 is 11.8 Å². The lowest BCUT2D eigenvalue weighted by Crippen LogP contribution is -2.51. The number of aromatic nitrogens is 1. The van der Waals surface area contributed by atoms with Gasteiger partial charge in [0.15, 0.2) is 0 Å². The lowest BCUT2D eigenvalue weighted by molar-refractivity contribution is -0.139. The summed E-state index contributed by atoms with van der Waals surface area (Å²) in [4.78, 5) is 32.7. The highest BCUT2D eigenvalue weighted by molar-refractivity contribution is 6.35. The normalized spacial score (nSPS) is 15.5. The van der Waals surface area contributed by atoms with Crippen LogP contribution in [-0.2, 0) is 9.59 Å². The molecule has 0 aliphatic carbocycles. The van der Waals surface area contributed by atoms with E-state index in [-0.39, 0.29) is 17.8 Å². The Morgan fingerprint density at radius 1 is 1.00 bits per heavy atom. The molecule has 8 heteroatoms. The van der Waals surface area contributed by atoms with Gasteiger partial charge in [0.05, 0.1) is 11.7 Å². The summed E-state index contributed by atoms with van der Waals surface area (Å²) in [7, 11) is 0. The molecule has 2 N–H and O–H groups in total. The van der Waals surface area contributed by atoms with E-state index in [1.807, 2.05) is 36.9 Å². The molecule has 1 atom stereocenters. The maximum Gasteiger partial charge on any atom is 0.309 e. The summed E-state index contributed by atoms with van der Waals surface area (Å²) in [5.74, 6) is -1.22. The molecule has 7 nitrogen and oxygen atoms in total. The quantitative estimate of drug-likeness (QED) is 0.661. The van der Waals surface area contributed by atoms with E-state index in [0.29, 0.717) is 45.0 Å². The fourth-order valence-electron chi connectivity index (χ4n) is 3.66. The van der Waals surface area contributed by atoms with E-state index in [1.54, 1.807) is 24.5 Å². The van der Waals surface area contributed by atoms with Crippen molar-refractivity contribution in [2.24, 2.45) is 5.92 Å². The third kappa shape index (κ3) is 6.24. The van der Waals surface area contributed by atoms with Crippen molar-refractivity contribution in [2.45, 2.75) is 19.9 Å². The van der Waals surface area contributed by atoms with Crippen LogP contribution in [0, 0.1) is 11.7 Å². The molecule has 2 amide bonds. The number of para-hydroxylation sites is 1. The molecule has 0 unspecified atom stereocenters. The molecule has 1 aromatic heterocycles. The molecule has 31 heavy (non-hydrogen) atoms. The molecular formula is C23H30FN5O2. The summed E-state index contributed by atoms with van der Waals surface area (Å²) in [6.45, 7) is 7.42. The first kappa shape index (κ1) is 22.7. The van der Waals surface area contributed by atoms with E-state index in [0.717, 1.165) is 5.56 Å². The molecule has 2 aromatic rings. The summed E-state index contributed by atoms with van der Waals surface area (Å²) in [6.07, 6.45) is 3.48. The SMILES string of the molecule is CC(C)CNC(=O)C(=O)NC[C@@H](c1cccnc1)N1CCN(c2ccccc2F)CC1. The molecule has 3 rings (SSSR count). The lowest BCUT2D eigenvalue weighted by atomic mass is 10.1. The van der Waals surface area contributed by atoms with Gasteiger partial charge in [-0.1, -0.05) is 32.0 Å². The van der Waals surface area contributed by atoms with Gasteiger partial charge in [-0.3, -0.25) is 19.5 Å². The van der Waals surface area contributed by atoms with Crippen molar-refractivity contribution < 1.29 is 14.0 Å². The standard InChI is InChI=1S/C23H30FN5O2/c1-17(2)14-26-22(30)23(31)27-16-21(18-6-5-9-25-15-18)29-12-10-28(11-13-29)20-8-4-3-7-19(20)24/h3-9,15,17,21H,10-14,16H2,1-2H3,(H,26,30)(H,27,31)/t21-/m0/s1. The summed E-state index contributed by atoms with van der Waals surface area (Å²) >= 11 is 0. The Morgan fingerprint density at radius 2 is 1.68 bits per heavy atom. The fraction of sp³-hybridized carbons (Fsp3) is 0.435. The highest BCUT2D eigenvalue weighted by atomic mass is 19.1. The first-order chi connectivity index (χ1) is 15.0. The molecule has 1 saturated heterocycles. The number of piperazine rings is 1. The van der Waals surface area contributed by atoms with Crippen molar-refractivity contribution in [2.75, 3.05) is 44.2 Å². The Labute approximate surface area is 182 Å². The number of carbonyl (C=O) groups is 2. The van der Waals surface area contributed by atoms with Crippen molar-refractivity contribution in [3.63, 3.8) is 0 Å². The van der Waals surface area contributed by atoms with Crippen molar-refractivity contribution in [3.05, 3.63) is 60.2 Å². The van der Waals surface area contributed by atoms with Gasteiger partial charge in [-0.2, -0.15) is 0 Å². The number of hydrogen-bond donors (Lipinski definition) is 2. The summed E-state index contributed by atoms with van der Waals surface area (Å²) < 4.78 is 14.1. The lowest BCUT2D eigenvalue weighted by Gasteiger charge is -2.40. The summed E-state index contributed by atoms with van der Waals surface area (Å²) in [6, 6.07) is 10.5. The number of amides is 2. The molecule has 2 heterocycles. The molecule has 0 radical (unpaired) electrons. The van der Waals surface area contributed by atoms with E-state index >= 15 is 0 Å². The van der Waals surface area contributed by atoms with Crippen LogP contribution in [0.1, 0.15) is 25.5 Å². The Bertz CT molecular complexity index is 869. The van der Waals surface area contributed by atoms with Crippen molar-refractivity contribution >= 4 is 17.5 Å².